The average Bonchev–Trinajstić information content (AvgIpc) is 2.70. The van der Waals surface area contributed by atoms with Crippen molar-refractivity contribution in [1.82, 2.24) is 0 Å². The minimum absolute atomic E-state index is 0.0139. The lowest BCUT2D eigenvalue weighted by Gasteiger charge is -2.39. The highest BCUT2D eigenvalue weighted by Gasteiger charge is 2.38. The zero-order valence-electron chi connectivity index (χ0n) is 18.0. The summed E-state index contributed by atoms with van der Waals surface area (Å²) in [5, 5.41) is 3.94. The van der Waals surface area contributed by atoms with E-state index in [1.165, 1.54) is 6.42 Å². The van der Waals surface area contributed by atoms with E-state index in [4.69, 9.17) is 9.26 Å². The smallest absolute Gasteiger partial charge is 0.324 e. The molecule has 5 heteroatoms. The van der Waals surface area contributed by atoms with Crippen LogP contribution in [0.1, 0.15) is 47.0 Å². The number of rotatable bonds is 8. The van der Waals surface area contributed by atoms with E-state index in [-0.39, 0.29) is 6.10 Å². The van der Waals surface area contributed by atoms with Crippen molar-refractivity contribution >= 4 is 18.5 Å². The third kappa shape index (κ3) is 5.65. The first kappa shape index (κ1) is 21.9. The van der Waals surface area contributed by atoms with Crippen molar-refractivity contribution in [3.63, 3.8) is 0 Å². The largest absolute Gasteiger partial charge is 0.494 e. The molecule has 4 atom stereocenters. The number of benzene rings is 2. The molecule has 2 aromatic carbocycles. The van der Waals surface area contributed by atoms with Crippen LogP contribution in [0.15, 0.2) is 54.6 Å². The Kier molecular flexibility index (Phi) is 7.43. The molecule has 0 heterocycles. The summed E-state index contributed by atoms with van der Waals surface area (Å²) < 4.78 is 26.2. The molecule has 0 aromatic heterocycles. The van der Waals surface area contributed by atoms with Crippen molar-refractivity contribution in [2.45, 2.75) is 53.1 Å². The second-order valence-electron chi connectivity index (χ2n) is 8.43. The van der Waals surface area contributed by atoms with E-state index in [9.17, 15) is 4.57 Å². The van der Waals surface area contributed by atoms with Crippen LogP contribution in [-0.4, -0.2) is 12.7 Å². The molecule has 29 heavy (non-hydrogen) atoms. The van der Waals surface area contributed by atoms with Crippen LogP contribution in [0.4, 0.5) is 5.69 Å². The third-order valence-corrected chi connectivity index (χ3v) is 7.88. The van der Waals surface area contributed by atoms with Gasteiger partial charge in [-0.05, 0) is 73.9 Å². The van der Waals surface area contributed by atoms with Gasteiger partial charge in [-0.15, -0.1) is 0 Å². The predicted molar refractivity (Wildman–Crippen MR) is 121 cm³/mol. The Bertz CT molecular complexity index is 807. The monoisotopic (exact) mass is 415 g/mol. The van der Waals surface area contributed by atoms with Gasteiger partial charge in [-0.1, -0.05) is 45.4 Å². The molecule has 1 aliphatic carbocycles. The molecular weight excluding hydrogens is 381 g/mol. The molecule has 2 aromatic rings. The second-order valence-corrected chi connectivity index (χ2v) is 10.5. The maximum absolute atomic E-state index is 14.2. The molecule has 4 nitrogen and oxygen atoms in total. The Morgan fingerprint density at radius 1 is 1.07 bits per heavy atom. The number of nitrogens with one attached hydrogen (secondary N) is 1. The molecule has 0 saturated heterocycles. The Morgan fingerprint density at radius 3 is 2.38 bits per heavy atom. The first-order chi connectivity index (χ1) is 13.9. The Morgan fingerprint density at radius 2 is 1.76 bits per heavy atom. The van der Waals surface area contributed by atoms with Crippen LogP contribution < -0.4 is 15.1 Å². The molecule has 0 amide bonds. The summed E-state index contributed by atoms with van der Waals surface area (Å²) in [7, 11) is -3.29. The van der Waals surface area contributed by atoms with Crippen molar-refractivity contribution in [1.29, 1.82) is 0 Å². The summed E-state index contributed by atoms with van der Waals surface area (Å²) in [6, 6.07) is 17.1. The van der Waals surface area contributed by atoms with Gasteiger partial charge in [-0.25, -0.2) is 0 Å². The van der Waals surface area contributed by atoms with E-state index < -0.39 is 7.52 Å². The van der Waals surface area contributed by atoms with Gasteiger partial charge in [0, 0.05) is 5.69 Å². The summed E-state index contributed by atoms with van der Waals surface area (Å²) >= 11 is 0. The molecule has 1 fully saturated rings. The average molecular weight is 416 g/mol. The molecule has 1 aliphatic rings. The van der Waals surface area contributed by atoms with Gasteiger partial charge in [0.25, 0.3) is 0 Å². The molecular formula is C24H34NO3P. The van der Waals surface area contributed by atoms with Crippen molar-refractivity contribution in [2.24, 2.45) is 17.8 Å². The van der Waals surface area contributed by atoms with Crippen molar-refractivity contribution in [3.05, 3.63) is 54.6 Å². The van der Waals surface area contributed by atoms with Crippen LogP contribution in [0.2, 0.25) is 0 Å². The molecule has 1 saturated carbocycles. The fourth-order valence-electron chi connectivity index (χ4n) is 4.16. The van der Waals surface area contributed by atoms with Crippen LogP contribution in [0.3, 0.4) is 0 Å². The maximum atomic E-state index is 14.2. The lowest BCUT2D eigenvalue weighted by Crippen LogP contribution is -2.35. The lowest BCUT2D eigenvalue weighted by molar-refractivity contribution is 0.0506. The van der Waals surface area contributed by atoms with Crippen LogP contribution in [-0.2, 0) is 9.09 Å². The standard InChI is InChI=1S/C24H34NO3P/c1-5-27-21-14-12-20(13-15-21)25-29(26,22-9-7-6-8-10-22)28-24-17-19(4)11-16-23(24)18(2)3/h6-10,12-15,18-19,23-24H,5,11,16-17H2,1-4H3,(H,25,26)/t19-,23-,24+,29-/m1/s1. The quantitative estimate of drug-likeness (QED) is 0.500. The second kappa shape index (κ2) is 9.82. The highest BCUT2D eigenvalue weighted by atomic mass is 31.2. The van der Waals surface area contributed by atoms with Gasteiger partial charge in [0.1, 0.15) is 5.75 Å². The van der Waals surface area contributed by atoms with Crippen LogP contribution >= 0.6 is 7.52 Å². The molecule has 1 N–H and O–H groups in total. The van der Waals surface area contributed by atoms with Crippen molar-refractivity contribution in [2.75, 3.05) is 11.7 Å². The zero-order valence-corrected chi connectivity index (χ0v) is 18.9. The lowest BCUT2D eigenvalue weighted by atomic mass is 9.75. The van der Waals surface area contributed by atoms with E-state index in [1.807, 2.05) is 61.5 Å². The molecule has 0 spiro atoms. The van der Waals surface area contributed by atoms with Gasteiger partial charge in [-0.3, -0.25) is 4.57 Å². The normalized spacial score (nSPS) is 24.1. The highest BCUT2D eigenvalue weighted by molar-refractivity contribution is 7.68. The van der Waals surface area contributed by atoms with Gasteiger partial charge in [0.2, 0.25) is 0 Å². The SMILES string of the molecule is CCOc1ccc(N[P@](=O)(O[C@H]2C[C@H](C)CC[C@@H]2C(C)C)c2ccccc2)cc1. The number of ether oxygens (including phenoxy) is 1. The summed E-state index contributed by atoms with van der Waals surface area (Å²) in [5.74, 6) is 2.31. The number of anilines is 1. The minimum Gasteiger partial charge on any atom is -0.494 e. The first-order valence-corrected chi connectivity index (χ1v) is 12.4. The summed E-state index contributed by atoms with van der Waals surface area (Å²) in [6.45, 7) is 9.32. The predicted octanol–water partition coefficient (Wildman–Crippen LogP) is 6.49. The molecule has 3 rings (SSSR count). The zero-order chi connectivity index (χ0) is 20.9. The molecule has 158 valence electrons. The summed E-state index contributed by atoms with van der Waals surface area (Å²) in [5.41, 5.74) is 0.769. The Balaban J connectivity index is 1.88. The fourth-order valence-corrected chi connectivity index (χ4v) is 6.15. The van der Waals surface area contributed by atoms with Crippen LogP contribution in [0.25, 0.3) is 0 Å². The molecule has 0 radical (unpaired) electrons. The number of hydrogen-bond acceptors (Lipinski definition) is 3. The van der Waals surface area contributed by atoms with E-state index in [2.05, 4.69) is 25.9 Å². The van der Waals surface area contributed by atoms with Crippen LogP contribution in [0, 0.1) is 17.8 Å². The fraction of sp³-hybridized carbons (Fsp3) is 0.500. The molecule has 0 bridgehead atoms. The van der Waals surface area contributed by atoms with E-state index in [0.717, 1.165) is 24.3 Å². The first-order valence-electron chi connectivity index (χ1n) is 10.8. The van der Waals surface area contributed by atoms with Gasteiger partial charge in [0.15, 0.2) is 0 Å². The highest BCUT2D eigenvalue weighted by Crippen LogP contribution is 2.51. The van der Waals surface area contributed by atoms with Gasteiger partial charge < -0.3 is 14.3 Å². The van der Waals surface area contributed by atoms with E-state index in [1.54, 1.807) is 0 Å². The van der Waals surface area contributed by atoms with E-state index in [0.29, 0.717) is 29.7 Å². The molecule has 0 unspecified atom stereocenters. The van der Waals surface area contributed by atoms with Crippen molar-refractivity contribution in [3.8, 4) is 5.75 Å². The topological polar surface area (TPSA) is 47.6 Å². The number of hydrogen-bond donors (Lipinski definition) is 1. The van der Waals surface area contributed by atoms with E-state index >= 15 is 0 Å². The maximum Gasteiger partial charge on any atom is 0.324 e. The van der Waals surface area contributed by atoms with Crippen LogP contribution in [0.5, 0.6) is 5.75 Å². The van der Waals surface area contributed by atoms with Gasteiger partial charge in [0.05, 0.1) is 18.0 Å². The summed E-state index contributed by atoms with van der Waals surface area (Å²) in [6.07, 6.45) is 3.27. The third-order valence-electron chi connectivity index (χ3n) is 5.78. The van der Waals surface area contributed by atoms with Gasteiger partial charge >= 0.3 is 7.52 Å². The summed E-state index contributed by atoms with van der Waals surface area (Å²) in [4.78, 5) is 0. The minimum atomic E-state index is -3.29. The van der Waals surface area contributed by atoms with Crippen molar-refractivity contribution < 1.29 is 13.8 Å². The van der Waals surface area contributed by atoms with Gasteiger partial charge in [-0.2, -0.15) is 0 Å². The Labute approximate surface area is 175 Å². The Hall–Kier alpha value is -1.77. The molecule has 0 aliphatic heterocycles.